The van der Waals surface area contributed by atoms with E-state index in [0.29, 0.717) is 43.0 Å². The number of morpholine rings is 1. The van der Waals surface area contributed by atoms with Crippen molar-refractivity contribution in [1.82, 2.24) is 9.97 Å². The van der Waals surface area contributed by atoms with E-state index in [1.807, 2.05) is 50.2 Å². The van der Waals surface area contributed by atoms with Gasteiger partial charge in [-0.1, -0.05) is 23.9 Å². The molecule has 1 aromatic heterocycles. The SMILES string of the molecule is CCOc1cc(N2CCOCC2)c(OCC)cc1NC(=O)CSc1nc2ccccc2[nH]1. The number of para-hydroxylation sites is 2. The Labute approximate surface area is 191 Å². The average molecular weight is 457 g/mol. The largest absolute Gasteiger partial charge is 0.492 e. The third-order valence-electron chi connectivity index (χ3n) is 4.99. The van der Waals surface area contributed by atoms with Crippen molar-refractivity contribution < 1.29 is 19.0 Å². The molecule has 32 heavy (non-hydrogen) atoms. The highest BCUT2D eigenvalue weighted by atomic mass is 32.2. The smallest absolute Gasteiger partial charge is 0.234 e. The number of imidazole rings is 1. The van der Waals surface area contributed by atoms with Crippen molar-refractivity contribution in [2.24, 2.45) is 0 Å². The van der Waals surface area contributed by atoms with Gasteiger partial charge >= 0.3 is 0 Å². The zero-order valence-corrected chi connectivity index (χ0v) is 19.2. The molecule has 1 fully saturated rings. The van der Waals surface area contributed by atoms with Crippen molar-refractivity contribution in [2.75, 3.05) is 55.5 Å². The van der Waals surface area contributed by atoms with Crippen LogP contribution in [0.5, 0.6) is 11.5 Å². The number of amides is 1. The fourth-order valence-corrected chi connectivity index (χ4v) is 4.25. The summed E-state index contributed by atoms with van der Waals surface area (Å²) in [6, 6.07) is 11.6. The van der Waals surface area contributed by atoms with E-state index in [4.69, 9.17) is 14.2 Å². The van der Waals surface area contributed by atoms with Crippen molar-refractivity contribution in [3.8, 4) is 11.5 Å². The quantitative estimate of drug-likeness (QED) is 0.472. The summed E-state index contributed by atoms with van der Waals surface area (Å²) in [6.45, 7) is 7.81. The van der Waals surface area contributed by atoms with Crippen molar-refractivity contribution >= 4 is 40.1 Å². The lowest BCUT2D eigenvalue weighted by atomic mass is 10.2. The lowest BCUT2D eigenvalue weighted by Gasteiger charge is -2.31. The van der Waals surface area contributed by atoms with Gasteiger partial charge in [-0.3, -0.25) is 4.79 Å². The Morgan fingerprint density at radius 2 is 1.91 bits per heavy atom. The van der Waals surface area contributed by atoms with Crippen molar-refractivity contribution in [3.63, 3.8) is 0 Å². The number of aromatic nitrogens is 2. The van der Waals surface area contributed by atoms with Gasteiger partial charge in [0.25, 0.3) is 0 Å². The molecule has 1 saturated heterocycles. The summed E-state index contributed by atoms with van der Waals surface area (Å²) in [7, 11) is 0. The highest BCUT2D eigenvalue weighted by Gasteiger charge is 2.20. The molecular weight excluding hydrogens is 428 g/mol. The highest BCUT2D eigenvalue weighted by molar-refractivity contribution is 7.99. The number of hydrogen-bond acceptors (Lipinski definition) is 7. The van der Waals surface area contributed by atoms with Crippen LogP contribution in [0.1, 0.15) is 13.8 Å². The molecule has 1 aliphatic rings. The molecule has 2 aromatic carbocycles. The molecule has 1 aliphatic heterocycles. The van der Waals surface area contributed by atoms with Crippen LogP contribution in [0.25, 0.3) is 11.0 Å². The molecule has 2 heterocycles. The van der Waals surface area contributed by atoms with Crippen LogP contribution in [-0.2, 0) is 9.53 Å². The molecule has 4 rings (SSSR count). The molecule has 0 atom stereocenters. The number of ether oxygens (including phenoxy) is 3. The second-order valence-electron chi connectivity index (χ2n) is 7.18. The van der Waals surface area contributed by atoms with E-state index in [0.717, 1.165) is 35.6 Å². The Kier molecular flexibility index (Phi) is 7.39. The van der Waals surface area contributed by atoms with Crippen LogP contribution in [0, 0.1) is 0 Å². The summed E-state index contributed by atoms with van der Waals surface area (Å²) in [5, 5.41) is 3.69. The first kappa shape index (κ1) is 22.3. The first-order chi connectivity index (χ1) is 15.7. The molecule has 3 aromatic rings. The number of rotatable bonds is 9. The van der Waals surface area contributed by atoms with Crippen molar-refractivity contribution in [1.29, 1.82) is 0 Å². The Bertz CT molecular complexity index is 1030. The van der Waals surface area contributed by atoms with Gasteiger partial charge in [0.05, 0.1) is 54.6 Å². The van der Waals surface area contributed by atoms with E-state index in [9.17, 15) is 4.79 Å². The van der Waals surface area contributed by atoms with Gasteiger partial charge in [-0.15, -0.1) is 0 Å². The van der Waals surface area contributed by atoms with E-state index >= 15 is 0 Å². The minimum atomic E-state index is -0.141. The first-order valence-electron chi connectivity index (χ1n) is 10.8. The minimum absolute atomic E-state index is 0.141. The lowest BCUT2D eigenvalue weighted by Crippen LogP contribution is -2.36. The van der Waals surface area contributed by atoms with Gasteiger partial charge in [0, 0.05) is 25.2 Å². The summed E-state index contributed by atoms with van der Waals surface area (Å²) in [4.78, 5) is 22.7. The topological polar surface area (TPSA) is 88.7 Å². The molecule has 0 aliphatic carbocycles. The number of nitrogens with one attached hydrogen (secondary N) is 2. The molecule has 170 valence electrons. The maximum atomic E-state index is 12.7. The number of thioether (sulfide) groups is 1. The zero-order valence-electron chi connectivity index (χ0n) is 18.3. The number of hydrogen-bond donors (Lipinski definition) is 2. The Morgan fingerprint density at radius 1 is 1.16 bits per heavy atom. The van der Waals surface area contributed by atoms with Crippen LogP contribution in [0.4, 0.5) is 11.4 Å². The maximum Gasteiger partial charge on any atom is 0.234 e. The lowest BCUT2D eigenvalue weighted by molar-refractivity contribution is -0.113. The summed E-state index contributed by atoms with van der Waals surface area (Å²) >= 11 is 1.36. The van der Waals surface area contributed by atoms with Gasteiger partial charge < -0.3 is 29.4 Å². The Morgan fingerprint density at radius 3 is 2.66 bits per heavy atom. The number of benzene rings is 2. The molecule has 0 saturated carbocycles. The first-order valence-corrected chi connectivity index (χ1v) is 11.8. The molecule has 0 radical (unpaired) electrons. The predicted molar refractivity (Wildman–Crippen MR) is 127 cm³/mol. The Balaban J connectivity index is 1.50. The van der Waals surface area contributed by atoms with E-state index in [-0.39, 0.29) is 11.7 Å². The predicted octanol–water partition coefficient (Wildman–Crippen LogP) is 3.93. The third-order valence-corrected chi connectivity index (χ3v) is 5.87. The third kappa shape index (κ3) is 5.28. The van der Waals surface area contributed by atoms with Gasteiger partial charge in [0.2, 0.25) is 5.91 Å². The van der Waals surface area contributed by atoms with Gasteiger partial charge in [-0.25, -0.2) is 4.98 Å². The summed E-state index contributed by atoms with van der Waals surface area (Å²) in [5.74, 6) is 1.43. The molecule has 1 amide bonds. The number of anilines is 2. The van der Waals surface area contributed by atoms with Crippen LogP contribution in [0.2, 0.25) is 0 Å². The van der Waals surface area contributed by atoms with Crippen LogP contribution in [0.3, 0.4) is 0 Å². The number of aromatic amines is 1. The van der Waals surface area contributed by atoms with E-state index < -0.39 is 0 Å². The van der Waals surface area contributed by atoms with E-state index in [2.05, 4.69) is 20.2 Å². The van der Waals surface area contributed by atoms with Crippen LogP contribution in [0.15, 0.2) is 41.6 Å². The van der Waals surface area contributed by atoms with E-state index in [1.165, 1.54) is 11.8 Å². The number of carbonyl (C=O) groups is 1. The van der Waals surface area contributed by atoms with Gasteiger partial charge in [-0.2, -0.15) is 0 Å². The number of carbonyl (C=O) groups excluding carboxylic acids is 1. The monoisotopic (exact) mass is 456 g/mol. The van der Waals surface area contributed by atoms with Crippen LogP contribution in [-0.4, -0.2) is 61.1 Å². The standard InChI is InChI=1S/C23H28N4O4S/c1-3-30-20-14-19(27-9-11-29-12-10-27)21(31-4-2)13-18(20)24-22(28)15-32-23-25-16-7-5-6-8-17(16)26-23/h5-8,13-14H,3-4,9-12,15H2,1-2H3,(H,24,28)(H,25,26). The molecular formula is C23H28N4O4S. The van der Waals surface area contributed by atoms with Crippen molar-refractivity contribution in [2.45, 2.75) is 19.0 Å². The maximum absolute atomic E-state index is 12.7. The van der Waals surface area contributed by atoms with E-state index in [1.54, 1.807) is 0 Å². The van der Waals surface area contributed by atoms with Crippen molar-refractivity contribution in [3.05, 3.63) is 36.4 Å². The summed E-state index contributed by atoms with van der Waals surface area (Å²) in [5.41, 5.74) is 3.39. The fourth-order valence-electron chi connectivity index (χ4n) is 3.56. The molecule has 0 unspecified atom stereocenters. The molecule has 0 spiro atoms. The second kappa shape index (κ2) is 10.6. The van der Waals surface area contributed by atoms with Crippen LogP contribution >= 0.6 is 11.8 Å². The molecule has 0 bridgehead atoms. The minimum Gasteiger partial charge on any atom is -0.492 e. The fraction of sp³-hybridized carbons (Fsp3) is 0.391. The van der Waals surface area contributed by atoms with Gasteiger partial charge in [-0.05, 0) is 26.0 Å². The van der Waals surface area contributed by atoms with Gasteiger partial charge in [0.15, 0.2) is 5.16 Å². The second-order valence-corrected chi connectivity index (χ2v) is 8.14. The number of nitrogens with zero attached hydrogens (tertiary/aromatic N) is 2. The molecule has 2 N–H and O–H groups in total. The summed E-state index contributed by atoms with van der Waals surface area (Å²) in [6.07, 6.45) is 0. The number of H-pyrrole nitrogens is 1. The normalized spacial score (nSPS) is 13.9. The molecule has 9 heteroatoms. The Hall–Kier alpha value is -2.91. The van der Waals surface area contributed by atoms with Crippen LogP contribution < -0.4 is 19.7 Å². The zero-order chi connectivity index (χ0) is 22.3. The van der Waals surface area contributed by atoms with Gasteiger partial charge in [0.1, 0.15) is 11.5 Å². The number of fused-ring (bicyclic) bond motifs is 1. The average Bonchev–Trinajstić information content (AvgIpc) is 3.23. The summed E-state index contributed by atoms with van der Waals surface area (Å²) < 4.78 is 17.2. The highest BCUT2D eigenvalue weighted by Crippen LogP contribution is 2.39. The molecule has 8 nitrogen and oxygen atoms in total.